The van der Waals surface area contributed by atoms with Crippen molar-refractivity contribution in [3.8, 4) is 0 Å². The number of rotatable bonds is 5. The van der Waals surface area contributed by atoms with Gasteiger partial charge < -0.3 is 4.57 Å². The second-order valence-electron chi connectivity index (χ2n) is 4.85. The van der Waals surface area contributed by atoms with Crippen LogP contribution >= 0.6 is 23.2 Å². The third-order valence-electron chi connectivity index (χ3n) is 3.41. The van der Waals surface area contributed by atoms with Crippen LogP contribution in [0.2, 0.25) is 5.02 Å². The maximum Gasteiger partial charge on any atom is 0.160 e. The number of aryl methyl sites for hydroxylation is 2. The van der Waals surface area contributed by atoms with Crippen molar-refractivity contribution in [2.45, 2.75) is 32.2 Å². The molecule has 3 rings (SSSR count). The second kappa shape index (κ2) is 5.06. The highest BCUT2D eigenvalue weighted by Crippen LogP contribution is 2.33. The lowest BCUT2D eigenvalue weighted by atomic mass is 10.3. The summed E-state index contributed by atoms with van der Waals surface area (Å²) >= 11 is 11.8. The molecule has 0 amide bonds. The first kappa shape index (κ1) is 12.2. The minimum atomic E-state index is 0.584. The maximum atomic E-state index is 5.96. The minimum Gasteiger partial charge on any atom is -0.313 e. The first-order valence-electron chi connectivity index (χ1n) is 6.34. The molecule has 2 heterocycles. The molecular weight excluding hydrogens is 269 g/mol. The zero-order valence-electron chi connectivity index (χ0n) is 10.1. The van der Waals surface area contributed by atoms with Crippen LogP contribution in [0, 0.1) is 5.92 Å². The Labute approximate surface area is 116 Å². The summed E-state index contributed by atoms with van der Waals surface area (Å²) in [6.07, 6.45) is 6.42. The van der Waals surface area contributed by atoms with Crippen LogP contribution in [-0.2, 0) is 13.0 Å². The van der Waals surface area contributed by atoms with Gasteiger partial charge >= 0.3 is 0 Å². The molecule has 2 aromatic heterocycles. The molecule has 1 aliphatic carbocycles. The smallest absolute Gasteiger partial charge is 0.160 e. The van der Waals surface area contributed by atoms with Gasteiger partial charge in [0.05, 0.1) is 5.02 Å². The Morgan fingerprint density at radius 2 is 2.22 bits per heavy atom. The molecule has 0 spiro atoms. The van der Waals surface area contributed by atoms with Gasteiger partial charge in [-0.3, -0.25) is 0 Å². The number of fused-ring (bicyclic) bond motifs is 1. The number of hydrogen-bond donors (Lipinski definition) is 0. The number of aromatic nitrogens is 3. The second-order valence-corrected chi connectivity index (χ2v) is 5.66. The van der Waals surface area contributed by atoms with E-state index in [-0.39, 0.29) is 0 Å². The van der Waals surface area contributed by atoms with E-state index in [1.807, 2.05) is 6.07 Å². The topological polar surface area (TPSA) is 30.7 Å². The van der Waals surface area contributed by atoms with Crippen molar-refractivity contribution in [2.24, 2.45) is 5.92 Å². The Kier molecular flexibility index (Phi) is 3.44. The summed E-state index contributed by atoms with van der Waals surface area (Å²) in [5.41, 5.74) is 1.80. The number of nitrogens with zero attached hydrogens (tertiary/aromatic N) is 3. The van der Waals surface area contributed by atoms with Crippen molar-refractivity contribution in [1.82, 2.24) is 14.5 Å². The van der Waals surface area contributed by atoms with Crippen LogP contribution in [0.5, 0.6) is 0 Å². The van der Waals surface area contributed by atoms with E-state index in [1.165, 1.54) is 19.3 Å². The van der Waals surface area contributed by atoms with Gasteiger partial charge in [0.2, 0.25) is 0 Å². The molecule has 5 heteroatoms. The molecule has 0 radical (unpaired) electrons. The van der Waals surface area contributed by atoms with E-state index in [9.17, 15) is 0 Å². The number of hydrogen-bond acceptors (Lipinski definition) is 2. The summed E-state index contributed by atoms with van der Waals surface area (Å²) in [5.74, 6) is 2.51. The average Bonchev–Trinajstić information content (AvgIpc) is 3.10. The van der Waals surface area contributed by atoms with E-state index in [0.29, 0.717) is 10.9 Å². The zero-order chi connectivity index (χ0) is 12.5. The predicted octanol–water partition coefficient (Wildman–Crippen LogP) is 3.67. The van der Waals surface area contributed by atoms with Crippen LogP contribution in [0.3, 0.4) is 0 Å². The summed E-state index contributed by atoms with van der Waals surface area (Å²) in [5, 5.41) is 0.631. The largest absolute Gasteiger partial charge is 0.313 e. The highest BCUT2D eigenvalue weighted by atomic mass is 35.5. The van der Waals surface area contributed by atoms with Crippen LogP contribution in [0.25, 0.3) is 11.2 Å². The summed E-state index contributed by atoms with van der Waals surface area (Å²) in [6.45, 7) is 0.988. The molecule has 0 unspecified atom stereocenters. The fourth-order valence-electron chi connectivity index (χ4n) is 2.26. The van der Waals surface area contributed by atoms with Crippen molar-refractivity contribution in [3.05, 3.63) is 23.1 Å². The summed E-state index contributed by atoms with van der Waals surface area (Å²) < 4.78 is 2.20. The SMILES string of the molecule is ClCCc1nc2cc(Cl)cnc2n1CCC1CC1. The molecule has 1 saturated carbocycles. The van der Waals surface area contributed by atoms with E-state index < -0.39 is 0 Å². The normalized spacial score (nSPS) is 15.4. The fourth-order valence-corrected chi connectivity index (χ4v) is 2.58. The van der Waals surface area contributed by atoms with Crippen LogP contribution in [0.15, 0.2) is 12.3 Å². The van der Waals surface area contributed by atoms with Crippen LogP contribution in [-0.4, -0.2) is 20.4 Å². The van der Waals surface area contributed by atoms with Gasteiger partial charge in [-0.2, -0.15) is 0 Å². The maximum absolute atomic E-state index is 5.96. The van der Waals surface area contributed by atoms with Crippen LogP contribution < -0.4 is 0 Å². The quantitative estimate of drug-likeness (QED) is 0.784. The van der Waals surface area contributed by atoms with Crippen LogP contribution in [0.1, 0.15) is 25.1 Å². The number of halogens is 2. The summed E-state index contributed by atoms with van der Waals surface area (Å²) in [6, 6.07) is 1.87. The van der Waals surface area contributed by atoms with Crippen molar-refractivity contribution in [1.29, 1.82) is 0 Å². The Bertz CT molecular complexity index is 561. The average molecular weight is 284 g/mol. The molecule has 0 atom stereocenters. The predicted molar refractivity (Wildman–Crippen MR) is 74.3 cm³/mol. The van der Waals surface area contributed by atoms with Gasteiger partial charge in [-0.15, -0.1) is 11.6 Å². The third-order valence-corrected chi connectivity index (χ3v) is 3.80. The standard InChI is InChI=1S/C13H15Cl2N3/c14-5-3-12-17-11-7-10(15)8-16-13(11)18(12)6-4-9-1-2-9/h7-9H,1-6H2. The number of imidazole rings is 1. The van der Waals surface area contributed by atoms with Gasteiger partial charge in [-0.05, 0) is 18.4 Å². The van der Waals surface area contributed by atoms with Crippen molar-refractivity contribution < 1.29 is 0 Å². The molecule has 0 N–H and O–H groups in total. The van der Waals surface area contributed by atoms with Gasteiger partial charge in [0, 0.05) is 25.0 Å². The van der Waals surface area contributed by atoms with E-state index in [0.717, 1.165) is 35.9 Å². The van der Waals surface area contributed by atoms with E-state index in [1.54, 1.807) is 6.20 Å². The highest BCUT2D eigenvalue weighted by Gasteiger charge is 2.22. The Hall–Kier alpha value is -0.800. The molecule has 96 valence electrons. The third kappa shape index (κ3) is 2.47. The Balaban J connectivity index is 1.97. The molecule has 18 heavy (non-hydrogen) atoms. The molecule has 0 saturated heterocycles. The highest BCUT2D eigenvalue weighted by molar-refractivity contribution is 6.31. The molecule has 0 bridgehead atoms. The minimum absolute atomic E-state index is 0.584. The van der Waals surface area contributed by atoms with E-state index in [2.05, 4.69) is 14.5 Å². The molecular formula is C13H15Cl2N3. The molecule has 1 fully saturated rings. The molecule has 1 aliphatic rings. The Morgan fingerprint density at radius 1 is 1.39 bits per heavy atom. The summed E-state index contributed by atoms with van der Waals surface area (Å²) in [7, 11) is 0. The van der Waals surface area contributed by atoms with Crippen molar-refractivity contribution in [2.75, 3.05) is 5.88 Å². The fraction of sp³-hybridized carbons (Fsp3) is 0.538. The van der Waals surface area contributed by atoms with Crippen molar-refractivity contribution in [3.63, 3.8) is 0 Å². The lowest BCUT2D eigenvalue weighted by molar-refractivity contribution is 0.585. The van der Waals surface area contributed by atoms with Crippen LogP contribution in [0.4, 0.5) is 0 Å². The van der Waals surface area contributed by atoms with Gasteiger partial charge in [-0.25, -0.2) is 9.97 Å². The monoisotopic (exact) mass is 283 g/mol. The number of pyridine rings is 1. The number of alkyl halides is 1. The van der Waals surface area contributed by atoms with E-state index in [4.69, 9.17) is 23.2 Å². The van der Waals surface area contributed by atoms with Gasteiger partial charge in [0.1, 0.15) is 11.3 Å². The van der Waals surface area contributed by atoms with Gasteiger partial charge in [0.25, 0.3) is 0 Å². The first-order valence-corrected chi connectivity index (χ1v) is 7.26. The lowest BCUT2D eigenvalue weighted by Gasteiger charge is -2.06. The lowest BCUT2D eigenvalue weighted by Crippen LogP contribution is -2.06. The van der Waals surface area contributed by atoms with Gasteiger partial charge in [0.15, 0.2) is 5.65 Å². The van der Waals surface area contributed by atoms with Crippen molar-refractivity contribution >= 4 is 34.4 Å². The zero-order valence-corrected chi connectivity index (χ0v) is 11.6. The van der Waals surface area contributed by atoms with Gasteiger partial charge in [-0.1, -0.05) is 24.4 Å². The summed E-state index contributed by atoms with van der Waals surface area (Å²) in [4.78, 5) is 9.00. The first-order chi connectivity index (χ1) is 8.78. The molecule has 3 nitrogen and oxygen atoms in total. The van der Waals surface area contributed by atoms with E-state index >= 15 is 0 Å². The molecule has 2 aromatic rings. The molecule has 0 aromatic carbocycles. The Morgan fingerprint density at radius 3 is 2.94 bits per heavy atom. The molecule has 0 aliphatic heterocycles.